The van der Waals surface area contributed by atoms with Crippen molar-refractivity contribution in [1.82, 2.24) is 0 Å². The topological polar surface area (TPSA) is 0 Å². The molecule has 8 rings (SSSR count). The van der Waals surface area contributed by atoms with Gasteiger partial charge in [0.2, 0.25) is 0 Å². The molecular formula is C38H28. The van der Waals surface area contributed by atoms with Crippen molar-refractivity contribution in [2.75, 3.05) is 0 Å². The number of hydrogen-bond acceptors (Lipinski definition) is 0. The van der Waals surface area contributed by atoms with E-state index in [1.54, 1.807) is 0 Å². The summed E-state index contributed by atoms with van der Waals surface area (Å²) in [5.74, 6) is 0. The highest BCUT2D eigenvalue weighted by Crippen LogP contribution is 2.46. The fourth-order valence-corrected chi connectivity index (χ4v) is 6.72. The zero-order valence-corrected chi connectivity index (χ0v) is 21.4. The Morgan fingerprint density at radius 3 is 1.24 bits per heavy atom. The summed E-state index contributed by atoms with van der Waals surface area (Å²) in [6.45, 7) is 0. The van der Waals surface area contributed by atoms with Crippen LogP contribution in [0.4, 0.5) is 0 Å². The van der Waals surface area contributed by atoms with Crippen molar-refractivity contribution in [2.24, 2.45) is 0 Å². The number of fused-ring (bicyclic) bond motifs is 5. The molecule has 0 saturated carbocycles. The second kappa shape index (κ2) is 8.57. The van der Waals surface area contributed by atoms with Crippen molar-refractivity contribution in [1.29, 1.82) is 0 Å². The summed E-state index contributed by atoms with van der Waals surface area (Å²) in [6.07, 6.45) is 4.94. The van der Waals surface area contributed by atoms with Crippen LogP contribution >= 0.6 is 0 Å². The van der Waals surface area contributed by atoms with E-state index in [1.807, 2.05) is 0 Å². The molecule has 180 valence electrons. The van der Waals surface area contributed by atoms with Crippen LogP contribution in [0.5, 0.6) is 0 Å². The number of benzene rings is 7. The first kappa shape index (κ1) is 21.6. The maximum Gasteiger partial charge on any atom is -0.00260 e. The minimum atomic E-state index is 1.18. The van der Waals surface area contributed by atoms with E-state index in [0.29, 0.717) is 0 Å². The van der Waals surface area contributed by atoms with Crippen molar-refractivity contribution in [3.05, 3.63) is 132 Å². The maximum atomic E-state index is 2.53. The van der Waals surface area contributed by atoms with Crippen molar-refractivity contribution in [2.45, 2.75) is 25.7 Å². The van der Waals surface area contributed by atoms with E-state index in [0.717, 1.165) is 0 Å². The van der Waals surface area contributed by atoms with Crippen LogP contribution in [-0.2, 0) is 12.8 Å². The molecule has 1 aliphatic carbocycles. The first-order valence-corrected chi connectivity index (χ1v) is 13.8. The first-order chi connectivity index (χ1) is 18.8. The molecule has 0 aromatic heterocycles. The van der Waals surface area contributed by atoms with Crippen LogP contribution in [0.15, 0.2) is 121 Å². The highest BCUT2D eigenvalue weighted by molar-refractivity contribution is 6.22. The van der Waals surface area contributed by atoms with Gasteiger partial charge in [-0.1, -0.05) is 109 Å². The van der Waals surface area contributed by atoms with E-state index < -0.39 is 0 Å². The summed E-state index contributed by atoms with van der Waals surface area (Å²) < 4.78 is 0. The molecule has 0 spiro atoms. The maximum absolute atomic E-state index is 2.53. The van der Waals surface area contributed by atoms with Crippen LogP contribution in [0.3, 0.4) is 0 Å². The molecule has 0 amide bonds. The number of aryl methyl sites for hydroxylation is 2. The summed E-state index contributed by atoms with van der Waals surface area (Å²) in [6, 6.07) is 45.5. The molecule has 0 aliphatic heterocycles. The molecule has 1 aliphatic rings. The highest BCUT2D eigenvalue weighted by atomic mass is 14.2. The van der Waals surface area contributed by atoms with Crippen molar-refractivity contribution >= 4 is 43.1 Å². The van der Waals surface area contributed by atoms with Gasteiger partial charge in [-0.05, 0) is 114 Å². The van der Waals surface area contributed by atoms with E-state index in [9.17, 15) is 0 Å². The van der Waals surface area contributed by atoms with Gasteiger partial charge in [-0.3, -0.25) is 0 Å². The Morgan fingerprint density at radius 2 is 0.763 bits per heavy atom. The van der Waals surface area contributed by atoms with Crippen molar-refractivity contribution in [3.63, 3.8) is 0 Å². The zero-order chi connectivity index (χ0) is 25.1. The van der Waals surface area contributed by atoms with E-state index in [2.05, 4.69) is 121 Å². The Bertz CT molecular complexity index is 1880. The molecule has 0 heterocycles. The highest BCUT2D eigenvalue weighted by Gasteiger charge is 2.20. The second-order valence-electron chi connectivity index (χ2n) is 10.8. The molecular weight excluding hydrogens is 456 g/mol. The summed E-state index contributed by atoms with van der Waals surface area (Å²) in [7, 11) is 0. The molecule has 0 saturated heterocycles. The lowest BCUT2D eigenvalue weighted by Crippen LogP contribution is -2.03. The smallest absolute Gasteiger partial charge is 0.00260 e. The monoisotopic (exact) mass is 484 g/mol. The van der Waals surface area contributed by atoms with E-state index in [-0.39, 0.29) is 0 Å². The third-order valence-corrected chi connectivity index (χ3v) is 8.56. The van der Waals surface area contributed by atoms with Crippen LogP contribution in [0.1, 0.15) is 24.0 Å². The zero-order valence-electron chi connectivity index (χ0n) is 21.4. The van der Waals surface area contributed by atoms with Gasteiger partial charge in [-0.2, -0.15) is 0 Å². The number of hydrogen-bond donors (Lipinski definition) is 0. The van der Waals surface area contributed by atoms with Crippen LogP contribution in [0, 0.1) is 0 Å². The minimum absolute atomic E-state index is 1.18. The Labute approximate surface area is 223 Å². The van der Waals surface area contributed by atoms with Crippen LogP contribution < -0.4 is 0 Å². The Balaban J connectivity index is 1.53. The van der Waals surface area contributed by atoms with Gasteiger partial charge in [0.15, 0.2) is 0 Å². The van der Waals surface area contributed by atoms with E-state index in [1.165, 1.54) is 102 Å². The van der Waals surface area contributed by atoms with Gasteiger partial charge < -0.3 is 0 Å². The third-order valence-electron chi connectivity index (χ3n) is 8.56. The van der Waals surface area contributed by atoms with Gasteiger partial charge in [-0.15, -0.1) is 0 Å². The molecule has 0 unspecified atom stereocenters. The van der Waals surface area contributed by atoms with Crippen LogP contribution in [0.25, 0.3) is 65.3 Å². The van der Waals surface area contributed by atoms with Gasteiger partial charge in [0, 0.05) is 0 Å². The van der Waals surface area contributed by atoms with Gasteiger partial charge in [0.05, 0.1) is 0 Å². The fraction of sp³-hybridized carbons (Fsp3) is 0.105. The quantitative estimate of drug-likeness (QED) is 0.214. The normalized spacial score (nSPS) is 13.4. The second-order valence-corrected chi connectivity index (χ2v) is 10.8. The summed E-state index contributed by atoms with van der Waals surface area (Å²) in [4.78, 5) is 0. The van der Waals surface area contributed by atoms with Crippen molar-refractivity contribution < 1.29 is 0 Å². The molecule has 0 bridgehead atoms. The summed E-state index contributed by atoms with van der Waals surface area (Å²) in [5.41, 5.74) is 8.38. The van der Waals surface area contributed by atoms with Crippen LogP contribution in [-0.4, -0.2) is 0 Å². The molecule has 38 heavy (non-hydrogen) atoms. The van der Waals surface area contributed by atoms with Gasteiger partial charge >= 0.3 is 0 Å². The summed E-state index contributed by atoms with van der Waals surface area (Å²) in [5, 5.41) is 10.6. The lowest BCUT2D eigenvalue weighted by molar-refractivity contribution is 0.687. The third kappa shape index (κ3) is 3.37. The lowest BCUT2D eigenvalue weighted by Gasteiger charge is -2.22. The Hall–Kier alpha value is -4.42. The van der Waals surface area contributed by atoms with E-state index >= 15 is 0 Å². The fourth-order valence-electron chi connectivity index (χ4n) is 6.72. The summed E-state index contributed by atoms with van der Waals surface area (Å²) >= 11 is 0. The van der Waals surface area contributed by atoms with Gasteiger partial charge in [-0.25, -0.2) is 0 Å². The molecule has 0 heteroatoms. The van der Waals surface area contributed by atoms with Crippen LogP contribution in [0.2, 0.25) is 0 Å². The molecule has 7 aromatic carbocycles. The van der Waals surface area contributed by atoms with E-state index in [4.69, 9.17) is 0 Å². The predicted molar refractivity (Wildman–Crippen MR) is 164 cm³/mol. The predicted octanol–water partition coefficient (Wildman–Crippen LogP) is 10.5. The standard InChI is InChI=1S/C38H28/c1-3-11-27-21-31(19-17-25(27)9-1)37-33-15-7-8-16-34(33)38(32-20-18-26-10-2-4-12-28(26)22-32)36-24-30-14-6-5-13-29(30)23-35(36)37/h1-4,7-12,15-24H,5-6,13-14H2. The SMILES string of the molecule is c1ccc2cc(-c3c4ccccc4c(-c4ccc5ccccc5c4)c4cc5c(cc34)CCCC5)ccc2c1. The average Bonchev–Trinajstić information content (AvgIpc) is 2.98. The van der Waals surface area contributed by atoms with Crippen molar-refractivity contribution in [3.8, 4) is 22.3 Å². The van der Waals surface area contributed by atoms with Gasteiger partial charge in [0.25, 0.3) is 0 Å². The first-order valence-electron chi connectivity index (χ1n) is 13.8. The largest absolute Gasteiger partial charge is 0.0616 e. The number of rotatable bonds is 2. The molecule has 0 atom stereocenters. The molecule has 0 fully saturated rings. The average molecular weight is 485 g/mol. The van der Waals surface area contributed by atoms with Gasteiger partial charge in [0.1, 0.15) is 0 Å². The molecule has 0 N–H and O–H groups in total. The molecule has 7 aromatic rings. The minimum Gasteiger partial charge on any atom is -0.0616 e. The Morgan fingerprint density at radius 1 is 0.342 bits per heavy atom. The molecule has 0 nitrogen and oxygen atoms in total. The Kier molecular flexibility index (Phi) is 4.88. The molecule has 0 radical (unpaired) electrons. The lowest BCUT2D eigenvalue weighted by atomic mass is 9.81.